The van der Waals surface area contributed by atoms with Crippen LogP contribution in [0.4, 0.5) is 0 Å². The number of hydrogen-bond donors (Lipinski definition) is 0. The highest BCUT2D eigenvalue weighted by molar-refractivity contribution is 9.10. The fourth-order valence-corrected chi connectivity index (χ4v) is 4.03. The van der Waals surface area contributed by atoms with Crippen LogP contribution in [0.15, 0.2) is 64.0 Å². The molecule has 0 bridgehead atoms. The maximum atomic E-state index is 13.2. The van der Waals surface area contributed by atoms with E-state index in [1.165, 1.54) is 0 Å². The van der Waals surface area contributed by atoms with Crippen LogP contribution in [0.5, 0.6) is 0 Å². The fraction of sp³-hybridized carbons (Fsp3) is 0.304. The lowest BCUT2D eigenvalue weighted by atomic mass is 10.0. The molecule has 0 radical (unpaired) electrons. The molecule has 0 saturated heterocycles. The van der Waals surface area contributed by atoms with Gasteiger partial charge in [0.2, 0.25) is 5.91 Å². The first-order valence-electron chi connectivity index (χ1n) is 9.71. The van der Waals surface area contributed by atoms with E-state index >= 15 is 0 Å². The number of hydrogen-bond acceptors (Lipinski definition) is 2. The molecule has 0 atom stereocenters. The molecular formula is C23H25BrN2O2. The van der Waals surface area contributed by atoms with Crippen molar-refractivity contribution < 1.29 is 4.79 Å². The highest BCUT2D eigenvalue weighted by Crippen LogP contribution is 2.25. The second kappa shape index (κ2) is 9.20. The van der Waals surface area contributed by atoms with Gasteiger partial charge in [0.25, 0.3) is 0 Å². The van der Waals surface area contributed by atoms with E-state index in [9.17, 15) is 9.59 Å². The molecule has 1 aromatic heterocycles. The van der Waals surface area contributed by atoms with Crippen LogP contribution in [-0.4, -0.2) is 28.5 Å². The molecular weight excluding hydrogens is 416 g/mol. The number of rotatable bonds is 7. The zero-order valence-electron chi connectivity index (χ0n) is 16.3. The molecule has 1 heterocycles. The Morgan fingerprint density at radius 2 is 1.68 bits per heavy atom. The Morgan fingerprint density at radius 1 is 1.00 bits per heavy atom. The van der Waals surface area contributed by atoms with Gasteiger partial charge >= 0.3 is 0 Å². The minimum atomic E-state index is -0.0312. The minimum absolute atomic E-state index is 0.0312. The van der Waals surface area contributed by atoms with Gasteiger partial charge in [0.15, 0.2) is 5.43 Å². The Balaban J connectivity index is 2.14. The largest absolute Gasteiger partial charge is 0.341 e. The van der Waals surface area contributed by atoms with E-state index < -0.39 is 0 Å². The summed E-state index contributed by atoms with van der Waals surface area (Å²) in [7, 11) is 0. The minimum Gasteiger partial charge on any atom is -0.341 e. The molecule has 1 amide bonds. The summed E-state index contributed by atoms with van der Waals surface area (Å²) >= 11 is 3.52. The van der Waals surface area contributed by atoms with Crippen LogP contribution in [0.25, 0.3) is 22.0 Å². The molecule has 0 aliphatic rings. The van der Waals surface area contributed by atoms with Crippen molar-refractivity contribution >= 4 is 32.7 Å². The molecule has 0 spiro atoms. The van der Waals surface area contributed by atoms with E-state index in [1.807, 2.05) is 64.2 Å². The van der Waals surface area contributed by atoms with Gasteiger partial charge in [-0.25, -0.2) is 0 Å². The van der Waals surface area contributed by atoms with Gasteiger partial charge in [0.1, 0.15) is 6.54 Å². The van der Waals surface area contributed by atoms with Gasteiger partial charge in [-0.1, -0.05) is 50.2 Å². The van der Waals surface area contributed by atoms with Crippen LogP contribution in [0.1, 0.15) is 26.7 Å². The normalized spacial score (nSPS) is 11.0. The average molecular weight is 441 g/mol. The van der Waals surface area contributed by atoms with Gasteiger partial charge in [0.05, 0.1) is 10.9 Å². The third-order valence-corrected chi connectivity index (χ3v) is 5.45. The summed E-state index contributed by atoms with van der Waals surface area (Å²) in [6.45, 7) is 5.87. The lowest BCUT2D eigenvalue weighted by molar-refractivity contribution is -0.131. The third-order valence-electron chi connectivity index (χ3n) is 4.79. The monoisotopic (exact) mass is 440 g/mol. The number of amides is 1. The molecule has 0 unspecified atom stereocenters. The topological polar surface area (TPSA) is 42.3 Å². The number of pyridine rings is 1. The predicted molar refractivity (Wildman–Crippen MR) is 119 cm³/mol. The van der Waals surface area contributed by atoms with E-state index in [1.54, 1.807) is 0 Å². The highest BCUT2D eigenvalue weighted by Gasteiger charge is 2.17. The van der Waals surface area contributed by atoms with Gasteiger partial charge in [-0.15, -0.1) is 0 Å². The highest BCUT2D eigenvalue weighted by atomic mass is 79.9. The lowest BCUT2D eigenvalue weighted by Gasteiger charge is -2.23. The van der Waals surface area contributed by atoms with Crippen molar-refractivity contribution in [2.24, 2.45) is 0 Å². The van der Waals surface area contributed by atoms with E-state index in [0.29, 0.717) is 10.9 Å². The second-order valence-corrected chi connectivity index (χ2v) is 7.73. The summed E-state index contributed by atoms with van der Waals surface area (Å²) < 4.78 is 2.65. The first kappa shape index (κ1) is 20.3. The van der Waals surface area contributed by atoms with Crippen LogP contribution in [0.3, 0.4) is 0 Å². The molecule has 0 N–H and O–H groups in total. The van der Waals surface area contributed by atoms with E-state index in [4.69, 9.17) is 0 Å². The van der Waals surface area contributed by atoms with E-state index in [0.717, 1.165) is 41.5 Å². The van der Waals surface area contributed by atoms with Crippen molar-refractivity contribution in [3.63, 3.8) is 0 Å². The molecule has 0 fully saturated rings. The summed E-state index contributed by atoms with van der Waals surface area (Å²) in [5, 5.41) is 0.606. The van der Waals surface area contributed by atoms with Crippen LogP contribution in [0, 0.1) is 0 Å². The molecule has 0 saturated carbocycles. The summed E-state index contributed by atoms with van der Waals surface area (Å²) in [6, 6.07) is 15.3. The molecule has 0 aliphatic carbocycles. The van der Waals surface area contributed by atoms with Crippen molar-refractivity contribution in [3.05, 3.63) is 69.4 Å². The predicted octanol–water partition coefficient (Wildman–Crippen LogP) is 5.08. The molecule has 5 heteroatoms. The number of carbonyl (C=O) groups is 1. The Labute approximate surface area is 173 Å². The van der Waals surface area contributed by atoms with Crippen LogP contribution < -0.4 is 5.43 Å². The standard InChI is InChI=1S/C23H25BrN2O2/c1-3-13-25(14-4-2)21(27)16-26-15-18(17-9-6-5-7-10-17)23(28)22-19(24)11-8-12-20(22)26/h5-12,15H,3-4,13-14,16H2,1-2H3. The summed E-state index contributed by atoms with van der Waals surface area (Å²) in [6.07, 6.45) is 3.68. The maximum Gasteiger partial charge on any atom is 0.242 e. The van der Waals surface area contributed by atoms with E-state index in [2.05, 4.69) is 29.8 Å². The molecule has 4 nitrogen and oxygen atoms in total. The number of aromatic nitrogens is 1. The number of halogens is 1. The number of fused-ring (bicyclic) bond motifs is 1. The van der Waals surface area contributed by atoms with Crippen LogP contribution in [-0.2, 0) is 11.3 Å². The van der Waals surface area contributed by atoms with Crippen molar-refractivity contribution in [1.82, 2.24) is 9.47 Å². The zero-order chi connectivity index (χ0) is 20.1. The first-order chi connectivity index (χ1) is 13.6. The van der Waals surface area contributed by atoms with Crippen molar-refractivity contribution in [2.75, 3.05) is 13.1 Å². The quantitative estimate of drug-likeness (QED) is 0.513. The average Bonchev–Trinajstić information content (AvgIpc) is 2.70. The summed E-state index contributed by atoms with van der Waals surface area (Å²) in [4.78, 5) is 28.1. The summed E-state index contributed by atoms with van der Waals surface area (Å²) in [5.41, 5.74) is 2.19. The van der Waals surface area contributed by atoms with Gasteiger partial charge in [-0.3, -0.25) is 9.59 Å². The maximum absolute atomic E-state index is 13.2. The van der Waals surface area contributed by atoms with Gasteiger partial charge in [0, 0.05) is 29.3 Å². The van der Waals surface area contributed by atoms with Gasteiger partial charge < -0.3 is 9.47 Å². The molecule has 0 aliphatic heterocycles. The zero-order valence-corrected chi connectivity index (χ0v) is 17.9. The van der Waals surface area contributed by atoms with Crippen molar-refractivity contribution in [2.45, 2.75) is 33.2 Å². The third kappa shape index (κ3) is 4.20. The van der Waals surface area contributed by atoms with Gasteiger partial charge in [-0.2, -0.15) is 0 Å². The Bertz CT molecular complexity index is 1020. The molecule has 3 rings (SSSR count). The second-order valence-electron chi connectivity index (χ2n) is 6.88. The first-order valence-corrected chi connectivity index (χ1v) is 10.5. The van der Waals surface area contributed by atoms with Gasteiger partial charge in [-0.05, 0) is 46.5 Å². The lowest BCUT2D eigenvalue weighted by Crippen LogP contribution is -2.35. The molecule has 3 aromatic rings. The Hall–Kier alpha value is -2.40. The fourth-order valence-electron chi connectivity index (χ4n) is 3.50. The SMILES string of the molecule is CCCN(CCC)C(=O)Cn1cc(-c2ccccc2)c(=O)c2c(Br)cccc21. The molecule has 28 heavy (non-hydrogen) atoms. The van der Waals surface area contributed by atoms with Crippen molar-refractivity contribution in [3.8, 4) is 11.1 Å². The van der Waals surface area contributed by atoms with Crippen molar-refractivity contribution in [1.29, 1.82) is 0 Å². The summed E-state index contributed by atoms with van der Waals surface area (Å²) in [5.74, 6) is 0.0765. The number of nitrogens with zero attached hydrogens (tertiary/aromatic N) is 2. The number of carbonyl (C=O) groups excluding carboxylic acids is 1. The smallest absolute Gasteiger partial charge is 0.242 e. The van der Waals surface area contributed by atoms with E-state index in [-0.39, 0.29) is 17.9 Å². The Kier molecular flexibility index (Phi) is 6.68. The molecule has 146 valence electrons. The van der Waals surface area contributed by atoms with Crippen LogP contribution >= 0.6 is 15.9 Å². The van der Waals surface area contributed by atoms with Crippen LogP contribution in [0.2, 0.25) is 0 Å². The Morgan fingerprint density at radius 3 is 2.32 bits per heavy atom. The number of benzene rings is 2. The molecule has 2 aromatic carbocycles.